The van der Waals surface area contributed by atoms with Crippen molar-refractivity contribution in [2.24, 2.45) is 0 Å². The van der Waals surface area contributed by atoms with Crippen molar-refractivity contribution in [2.45, 2.75) is 32.0 Å². The summed E-state index contributed by atoms with van der Waals surface area (Å²) < 4.78 is 23.8. The Hall–Kier alpha value is -1.29. The molecule has 0 bridgehead atoms. The van der Waals surface area contributed by atoms with Gasteiger partial charge in [0, 0.05) is 12.6 Å². The van der Waals surface area contributed by atoms with E-state index in [1.807, 2.05) is 0 Å². The number of hydrogen-bond acceptors (Lipinski definition) is 3. The van der Waals surface area contributed by atoms with Gasteiger partial charge in [-0.15, -0.1) is 0 Å². The molecule has 3 nitrogen and oxygen atoms in total. The first-order valence-electron chi connectivity index (χ1n) is 5.92. The van der Waals surface area contributed by atoms with Crippen LogP contribution in [0.5, 0.6) is 5.75 Å². The molecule has 1 aromatic rings. The Morgan fingerprint density at radius 2 is 2.29 bits per heavy atom. The molecule has 1 aliphatic rings. The van der Waals surface area contributed by atoms with Crippen LogP contribution in [0.3, 0.4) is 0 Å². The molecule has 0 aliphatic carbocycles. The van der Waals surface area contributed by atoms with Gasteiger partial charge in [-0.2, -0.15) is 0 Å². The number of benzene rings is 1. The van der Waals surface area contributed by atoms with E-state index in [1.54, 1.807) is 6.07 Å². The van der Waals surface area contributed by atoms with Crippen LogP contribution in [0.4, 0.5) is 10.1 Å². The molecule has 1 aliphatic heterocycles. The highest BCUT2D eigenvalue weighted by atomic mass is 19.1. The van der Waals surface area contributed by atoms with Crippen molar-refractivity contribution in [1.29, 1.82) is 0 Å². The summed E-state index contributed by atoms with van der Waals surface area (Å²) in [4.78, 5) is 0. The summed E-state index contributed by atoms with van der Waals surface area (Å²) in [7, 11) is 1.54. The van der Waals surface area contributed by atoms with Gasteiger partial charge in [-0.25, -0.2) is 4.39 Å². The molecule has 0 saturated carbocycles. The summed E-state index contributed by atoms with van der Waals surface area (Å²) >= 11 is 0. The van der Waals surface area contributed by atoms with Gasteiger partial charge in [0.2, 0.25) is 0 Å². The summed E-state index contributed by atoms with van der Waals surface area (Å²) in [5.41, 5.74) is 0.803. The lowest BCUT2D eigenvalue weighted by molar-refractivity contribution is 0.0637. The second-order valence-corrected chi connectivity index (χ2v) is 4.37. The van der Waals surface area contributed by atoms with Crippen molar-refractivity contribution in [3.8, 4) is 5.75 Å². The molecule has 17 heavy (non-hydrogen) atoms. The van der Waals surface area contributed by atoms with E-state index >= 15 is 0 Å². The van der Waals surface area contributed by atoms with Gasteiger partial charge in [-0.3, -0.25) is 0 Å². The SMILES string of the molecule is COc1cc(F)ccc1NCC1CCC(C)O1. The molecule has 1 aromatic carbocycles. The number of rotatable bonds is 4. The third kappa shape index (κ3) is 3.09. The van der Waals surface area contributed by atoms with Crippen molar-refractivity contribution in [3.63, 3.8) is 0 Å². The summed E-state index contributed by atoms with van der Waals surface area (Å²) in [6.07, 6.45) is 2.75. The van der Waals surface area contributed by atoms with E-state index in [4.69, 9.17) is 9.47 Å². The summed E-state index contributed by atoms with van der Waals surface area (Å²) in [6.45, 7) is 2.81. The maximum Gasteiger partial charge on any atom is 0.144 e. The number of hydrogen-bond donors (Lipinski definition) is 1. The van der Waals surface area contributed by atoms with Gasteiger partial charge in [0.05, 0.1) is 25.0 Å². The first-order valence-corrected chi connectivity index (χ1v) is 5.92. The molecule has 0 radical (unpaired) electrons. The monoisotopic (exact) mass is 239 g/mol. The maximum absolute atomic E-state index is 13.0. The first-order chi connectivity index (χ1) is 8.19. The topological polar surface area (TPSA) is 30.5 Å². The summed E-state index contributed by atoms with van der Waals surface area (Å²) in [5.74, 6) is 0.231. The number of anilines is 1. The smallest absolute Gasteiger partial charge is 0.144 e. The summed E-state index contributed by atoms with van der Waals surface area (Å²) in [5, 5.41) is 3.24. The molecule has 0 aromatic heterocycles. The van der Waals surface area contributed by atoms with Gasteiger partial charge < -0.3 is 14.8 Å². The quantitative estimate of drug-likeness (QED) is 0.876. The van der Waals surface area contributed by atoms with Crippen LogP contribution < -0.4 is 10.1 Å². The number of methoxy groups -OCH3 is 1. The molecule has 0 amide bonds. The zero-order valence-corrected chi connectivity index (χ0v) is 10.2. The number of halogens is 1. The van der Waals surface area contributed by atoms with Crippen LogP contribution in [0.25, 0.3) is 0 Å². The highest BCUT2D eigenvalue weighted by molar-refractivity contribution is 5.56. The van der Waals surface area contributed by atoms with Crippen molar-refractivity contribution in [2.75, 3.05) is 19.0 Å². The standard InChI is InChI=1S/C13H18FNO2/c1-9-3-5-11(17-9)8-15-12-6-4-10(14)7-13(12)16-2/h4,6-7,9,11,15H,3,5,8H2,1-2H3. The molecule has 0 spiro atoms. The van der Waals surface area contributed by atoms with Gasteiger partial charge in [-0.05, 0) is 31.9 Å². The fourth-order valence-electron chi connectivity index (χ4n) is 2.07. The van der Waals surface area contributed by atoms with Gasteiger partial charge in [-0.1, -0.05) is 0 Å². The van der Waals surface area contributed by atoms with E-state index in [9.17, 15) is 4.39 Å². The molecule has 4 heteroatoms. The predicted molar refractivity (Wildman–Crippen MR) is 65.0 cm³/mol. The average Bonchev–Trinajstić information content (AvgIpc) is 2.73. The molecule has 2 rings (SSSR count). The third-order valence-electron chi connectivity index (χ3n) is 3.00. The largest absolute Gasteiger partial charge is 0.494 e. The Morgan fingerprint density at radius 3 is 2.94 bits per heavy atom. The van der Waals surface area contributed by atoms with E-state index in [1.165, 1.54) is 19.2 Å². The second-order valence-electron chi connectivity index (χ2n) is 4.37. The fraction of sp³-hybridized carbons (Fsp3) is 0.538. The maximum atomic E-state index is 13.0. The predicted octanol–water partition coefficient (Wildman–Crippen LogP) is 2.81. The van der Waals surface area contributed by atoms with Gasteiger partial charge >= 0.3 is 0 Å². The lowest BCUT2D eigenvalue weighted by atomic mass is 10.2. The van der Waals surface area contributed by atoms with Crippen molar-refractivity contribution in [1.82, 2.24) is 0 Å². The Balaban J connectivity index is 1.94. The van der Waals surface area contributed by atoms with E-state index in [0.717, 1.165) is 25.1 Å². The third-order valence-corrected chi connectivity index (χ3v) is 3.00. The molecular formula is C13H18FNO2. The van der Waals surface area contributed by atoms with Crippen LogP contribution in [0, 0.1) is 5.82 Å². The molecule has 1 heterocycles. The van der Waals surface area contributed by atoms with E-state index in [0.29, 0.717) is 11.9 Å². The normalized spacial score (nSPS) is 23.7. The molecular weight excluding hydrogens is 221 g/mol. The average molecular weight is 239 g/mol. The molecule has 1 saturated heterocycles. The fourth-order valence-corrected chi connectivity index (χ4v) is 2.07. The zero-order chi connectivity index (χ0) is 12.3. The Labute approximate surface area is 101 Å². The minimum Gasteiger partial charge on any atom is -0.494 e. The molecule has 2 atom stereocenters. The van der Waals surface area contributed by atoms with Gasteiger partial charge in [0.15, 0.2) is 0 Å². The van der Waals surface area contributed by atoms with Crippen LogP contribution in [0.15, 0.2) is 18.2 Å². The van der Waals surface area contributed by atoms with Crippen LogP contribution in [0.1, 0.15) is 19.8 Å². The highest BCUT2D eigenvalue weighted by Crippen LogP contribution is 2.26. The highest BCUT2D eigenvalue weighted by Gasteiger charge is 2.21. The molecule has 2 unspecified atom stereocenters. The van der Waals surface area contributed by atoms with Crippen LogP contribution in [-0.2, 0) is 4.74 Å². The van der Waals surface area contributed by atoms with Crippen LogP contribution >= 0.6 is 0 Å². The molecule has 1 fully saturated rings. The van der Waals surface area contributed by atoms with Gasteiger partial charge in [0.25, 0.3) is 0 Å². The van der Waals surface area contributed by atoms with Crippen molar-refractivity contribution in [3.05, 3.63) is 24.0 Å². The minimum atomic E-state index is -0.293. The molecule has 1 N–H and O–H groups in total. The first kappa shape index (κ1) is 12.2. The minimum absolute atomic E-state index is 0.236. The van der Waals surface area contributed by atoms with E-state index in [2.05, 4.69) is 12.2 Å². The second kappa shape index (κ2) is 5.36. The van der Waals surface area contributed by atoms with Crippen molar-refractivity contribution >= 4 is 5.69 Å². The van der Waals surface area contributed by atoms with Crippen LogP contribution in [-0.4, -0.2) is 25.9 Å². The number of ether oxygens (including phenoxy) is 2. The zero-order valence-electron chi connectivity index (χ0n) is 10.2. The lowest BCUT2D eigenvalue weighted by Crippen LogP contribution is -2.20. The van der Waals surface area contributed by atoms with Gasteiger partial charge in [0.1, 0.15) is 11.6 Å². The molecule has 94 valence electrons. The van der Waals surface area contributed by atoms with Crippen molar-refractivity contribution < 1.29 is 13.9 Å². The Morgan fingerprint density at radius 1 is 1.47 bits per heavy atom. The Kier molecular flexibility index (Phi) is 3.84. The summed E-state index contributed by atoms with van der Waals surface area (Å²) in [6, 6.07) is 4.48. The van der Waals surface area contributed by atoms with E-state index < -0.39 is 0 Å². The number of nitrogens with one attached hydrogen (secondary N) is 1. The Bertz CT molecular complexity index is 384. The van der Waals surface area contributed by atoms with E-state index in [-0.39, 0.29) is 11.9 Å². The van der Waals surface area contributed by atoms with Crippen LogP contribution in [0.2, 0.25) is 0 Å². The lowest BCUT2D eigenvalue weighted by Gasteiger charge is -2.15.